The fourth-order valence-corrected chi connectivity index (χ4v) is 3.58. The van der Waals surface area contributed by atoms with Gasteiger partial charge in [-0.25, -0.2) is 4.99 Å². The van der Waals surface area contributed by atoms with Crippen LogP contribution in [-0.2, 0) is 4.79 Å². The Kier molecular flexibility index (Phi) is 4.81. The topological polar surface area (TPSA) is 52.4 Å². The first-order valence-corrected chi connectivity index (χ1v) is 9.60. The molecule has 0 radical (unpaired) electrons. The van der Waals surface area contributed by atoms with Gasteiger partial charge in [0.2, 0.25) is 5.91 Å². The number of nitrogens with one attached hydrogen (secondary N) is 2. The second kappa shape index (κ2) is 7.40. The molecule has 2 heterocycles. The van der Waals surface area contributed by atoms with Crippen LogP contribution in [0.3, 0.4) is 0 Å². The highest BCUT2D eigenvalue weighted by atomic mass is 16.2. The van der Waals surface area contributed by atoms with Crippen molar-refractivity contribution in [3.63, 3.8) is 0 Å². The van der Waals surface area contributed by atoms with Crippen molar-refractivity contribution in [1.82, 2.24) is 10.3 Å². The van der Waals surface area contributed by atoms with Gasteiger partial charge >= 0.3 is 0 Å². The van der Waals surface area contributed by atoms with Crippen LogP contribution in [0.4, 0.5) is 17.1 Å². The number of para-hydroxylation sites is 3. The summed E-state index contributed by atoms with van der Waals surface area (Å²) < 4.78 is 0. The molecule has 1 amide bonds. The molecule has 0 bridgehead atoms. The van der Waals surface area contributed by atoms with E-state index < -0.39 is 0 Å². The Morgan fingerprint density at radius 1 is 1.07 bits per heavy atom. The van der Waals surface area contributed by atoms with E-state index in [2.05, 4.69) is 23.4 Å². The van der Waals surface area contributed by atoms with Gasteiger partial charge in [-0.15, -0.1) is 0 Å². The summed E-state index contributed by atoms with van der Waals surface area (Å²) in [4.78, 5) is 21.2. The molecule has 6 nitrogen and oxygen atoms in total. The van der Waals surface area contributed by atoms with Gasteiger partial charge in [-0.1, -0.05) is 31.2 Å². The number of fused-ring (bicyclic) bond motifs is 2. The molecule has 0 atom stereocenters. The Morgan fingerprint density at radius 2 is 1.74 bits per heavy atom. The van der Waals surface area contributed by atoms with Gasteiger partial charge in [-0.05, 0) is 24.3 Å². The molecule has 2 aliphatic rings. The smallest absolute Gasteiger partial charge is 0.238 e. The summed E-state index contributed by atoms with van der Waals surface area (Å²) in [5.74, 6) is 0.963. The number of likely N-dealkylation sites (N-methyl/N-ethyl adjacent to an activating group) is 1. The van der Waals surface area contributed by atoms with Crippen LogP contribution in [0.15, 0.2) is 53.5 Å². The van der Waals surface area contributed by atoms with E-state index in [-0.39, 0.29) is 5.91 Å². The largest absolute Gasteiger partial charge is 0.345 e. The number of nitrogens with zero attached hydrogens (tertiary/aromatic N) is 3. The molecule has 2 N–H and O–H groups in total. The zero-order chi connectivity index (χ0) is 18.8. The van der Waals surface area contributed by atoms with Crippen molar-refractivity contribution in [2.45, 2.75) is 13.3 Å². The van der Waals surface area contributed by atoms with E-state index in [0.29, 0.717) is 6.42 Å². The van der Waals surface area contributed by atoms with E-state index in [1.807, 2.05) is 54.4 Å². The summed E-state index contributed by atoms with van der Waals surface area (Å²) in [5, 5.41) is 1.88. The summed E-state index contributed by atoms with van der Waals surface area (Å²) >= 11 is 0. The maximum atomic E-state index is 12.2. The van der Waals surface area contributed by atoms with Crippen LogP contribution < -0.4 is 15.3 Å². The van der Waals surface area contributed by atoms with Gasteiger partial charge in [0.05, 0.1) is 50.3 Å². The number of anilines is 2. The highest BCUT2D eigenvalue weighted by molar-refractivity contribution is 6.08. The Hall–Kier alpha value is -2.86. The van der Waals surface area contributed by atoms with Crippen molar-refractivity contribution in [3.8, 4) is 0 Å². The second-order valence-electron chi connectivity index (χ2n) is 7.11. The van der Waals surface area contributed by atoms with Crippen LogP contribution in [0.5, 0.6) is 0 Å². The standard InChI is InChI=1S/C21H25N5O/c1-3-20(27)23-26-18-10-6-4-8-16(18)21(25-14-12-24(2)13-15-25)22-17-9-5-7-11-19(17)26/h4-11H,3,12-15H2,1-2H3,(H,23,27)/p+1. The molecule has 0 spiro atoms. The van der Waals surface area contributed by atoms with Gasteiger partial charge in [-0.2, -0.15) is 0 Å². The zero-order valence-electron chi connectivity index (χ0n) is 15.9. The molecule has 0 saturated carbocycles. The molecule has 2 aromatic carbocycles. The van der Waals surface area contributed by atoms with E-state index in [1.165, 1.54) is 0 Å². The average Bonchev–Trinajstić information content (AvgIpc) is 2.84. The molecule has 0 aliphatic carbocycles. The lowest BCUT2D eigenvalue weighted by Crippen LogP contribution is -3.12. The maximum Gasteiger partial charge on any atom is 0.238 e. The third-order valence-corrected chi connectivity index (χ3v) is 5.21. The van der Waals surface area contributed by atoms with Gasteiger partial charge in [0.1, 0.15) is 5.84 Å². The Morgan fingerprint density at radius 3 is 2.48 bits per heavy atom. The van der Waals surface area contributed by atoms with Crippen molar-refractivity contribution >= 4 is 28.8 Å². The Labute approximate surface area is 160 Å². The first-order chi connectivity index (χ1) is 13.2. The molecule has 27 heavy (non-hydrogen) atoms. The third-order valence-electron chi connectivity index (χ3n) is 5.21. The van der Waals surface area contributed by atoms with Crippen molar-refractivity contribution in [2.75, 3.05) is 38.2 Å². The Bertz CT molecular complexity index is 870. The van der Waals surface area contributed by atoms with E-state index >= 15 is 0 Å². The molecular formula is C21H26N5O+. The molecule has 0 unspecified atom stereocenters. The summed E-state index contributed by atoms with van der Waals surface area (Å²) in [6, 6.07) is 16.2. The first kappa shape index (κ1) is 17.5. The number of carbonyl (C=O) groups is 1. The molecule has 1 saturated heterocycles. The SMILES string of the molecule is CCC(=O)NN1c2ccccc2N=C(N2CC[NH+](C)CC2)c2ccccc21. The lowest BCUT2D eigenvalue weighted by atomic mass is 10.1. The number of amides is 1. The molecular weight excluding hydrogens is 338 g/mol. The van der Waals surface area contributed by atoms with Crippen LogP contribution in [0, 0.1) is 0 Å². The van der Waals surface area contributed by atoms with Gasteiger partial charge in [-0.3, -0.25) is 15.2 Å². The summed E-state index contributed by atoms with van der Waals surface area (Å²) in [7, 11) is 2.23. The number of aliphatic imine (C=N–C) groups is 1. The van der Waals surface area contributed by atoms with E-state index in [1.54, 1.807) is 4.90 Å². The zero-order valence-corrected chi connectivity index (χ0v) is 15.9. The average molecular weight is 364 g/mol. The summed E-state index contributed by atoms with van der Waals surface area (Å²) in [6.45, 7) is 6.00. The third kappa shape index (κ3) is 3.40. The van der Waals surface area contributed by atoms with Crippen LogP contribution in [0.1, 0.15) is 18.9 Å². The first-order valence-electron chi connectivity index (χ1n) is 9.60. The van der Waals surface area contributed by atoms with Gasteiger partial charge < -0.3 is 9.80 Å². The molecule has 2 aliphatic heterocycles. The highest BCUT2D eigenvalue weighted by Crippen LogP contribution is 2.38. The van der Waals surface area contributed by atoms with E-state index in [4.69, 9.17) is 4.99 Å². The normalized spacial score (nSPS) is 16.9. The molecule has 6 heteroatoms. The predicted octanol–water partition coefficient (Wildman–Crippen LogP) is 1.49. The van der Waals surface area contributed by atoms with Gasteiger partial charge in [0.15, 0.2) is 0 Å². The monoisotopic (exact) mass is 364 g/mol. The van der Waals surface area contributed by atoms with Crippen molar-refractivity contribution < 1.29 is 9.69 Å². The number of piperazine rings is 1. The maximum absolute atomic E-state index is 12.2. The number of amidine groups is 1. The van der Waals surface area contributed by atoms with E-state index in [9.17, 15) is 4.79 Å². The molecule has 4 rings (SSSR count). The molecule has 2 aromatic rings. The fourth-order valence-electron chi connectivity index (χ4n) is 3.58. The van der Waals surface area contributed by atoms with Crippen molar-refractivity contribution in [2.24, 2.45) is 4.99 Å². The van der Waals surface area contributed by atoms with Crippen LogP contribution in [0.2, 0.25) is 0 Å². The lowest BCUT2D eigenvalue weighted by molar-refractivity contribution is -0.883. The Balaban J connectivity index is 1.84. The molecule has 1 fully saturated rings. The van der Waals surface area contributed by atoms with Crippen LogP contribution in [-0.4, -0.2) is 49.9 Å². The fraction of sp³-hybridized carbons (Fsp3) is 0.333. The molecule has 0 aromatic heterocycles. The van der Waals surface area contributed by atoms with Crippen molar-refractivity contribution in [3.05, 3.63) is 54.1 Å². The predicted molar refractivity (Wildman–Crippen MR) is 108 cm³/mol. The quantitative estimate of drug-likeness (QED) is 0.849. The number of rotatable bonds is 2. The number of hydrogen-bond donors (Lipinski definition) is 2. The van der Waals surface area contributed by atoms with Crippen molar-refractivity contribution in [1.29, 1.82) is 0 Å². The number of hydrogen-bond acceptors (Lipinski definition) is 4. The lowest BCUT2D eigenvalue weighted by Gasteiger charge is -2.33. The summed E-state index contributed by atoms with van der Waals surface area (Å²) in [5.41, 5.74) is 6.81. The summed E-state index contributed by atoms with van der Waals surface area (Å²) in [6.07, 6.45) is 0.426. The number of benzene rings is 2. The highest BCUT2D eigenvalue weighted by Gasteiger charge is 2.28. The van der Waals surface area contributed by atoms with Gasteiger partial charge in [0, 0.05) is 12.0 Å². The van der Waals surface area contributed by atoms with E-state index in [0.717, 1.165) is 54.6 Å². The van der Waals surface area contributed by atoms with Gasteiger partial charge in [0.25, 0.3) is 0 Å². The minimum absolute atomic E-state index is 0.0220. The molecule has 140 valence electrons. The van der Waals surface area contributed by atoms with Crippen LogP contribution in [0.25, 0.3) is 0 Å². The van der Waals surface area contributed by atoms with Crippen LogP contribution >= 0.6 is 0 Å². The minimum Gasteiger partial charge on any atom is -0.345 e. The minimum atomic E-state index is -0.0220. The second-order valence-corrected chi connectivity index (χ2v) is 7.11. The number of carbonyl (C=O) groups excluding carboxylic acids is 1. The number of hydrazine groups is 1. The number of quaternary nitrogens is 1.